The number of hydrogen-bond donors (Lipinski definition) is 0. The van der Waals surface area contributed by atoms with Gasteiger partial charge in [-0.3, -0.25) is 9.59 Å². The number of nitrogens with zero attached hydrogens (tertiary/aromatic N) is 4. The van der Waals surface area contributed by atoms with Crippen LogP contribution >= 0.6 is 0 Å². The molecular weight excluding hydrogens is 388 g/mol. The van der Waals surface area contributed by atoms with Gasteiger partial charge in [0.1, 0.15) is 0 Å². The number of benzene rings is 2. The summed E-state index contributed by atoms with van der Waals surface area (Å²) in [4.78, 5) is 33.6. The molecule has 3 aromatic rings. The van der Waals surface area contributed by atoms with Gasteiger partial charge in [0.15, 0.2) is 0 Å². The molecule has 2 heterocycles. The minimum Gasteiger partial charge on any atom is -0.339 e. The molecule has 2 fully saturated rings. The molecule has 6 heteroatoms. The summed E-state index contributed by atoms with van der Waals surface area (Å²) >= 11 is 0. The van der Waals surface area contributed by atoms with Crippen LogP contribution in [0.15, 0.2) is 73.3 Å². The molecule has 6 nitrogen and oxygen atoms in total. The normalized spacial score (nSPS) is 20.5. The Hall–Kier alpha value is -3.41. The number of carbonyl (C=O) groups excluding carboxylic acids is 2. The summed E-state index contributed by atoms with van der Waals surface area (Å²) in [6.07, 6.45) is 6.40. The van der Waals surface area contributed by atoms with Crippen molar-refractivity contribution in [2.75, 3.05) is 26.2 Å². The van der Waals surface area contributed by atoms with Crippen molar-refractivity contribution in [1.82, 2.24) is 19.4 Å². The summed E-state index contributed by atoms with van der Waals surface area (Å²) in [6, 6.07) is 18.0. The Morgan fingerprint density at radius 3 is 2.29 bits per heavy atom. The molecule has 0 spiro atoms. The molecule has 158 valence electrons. The SMILES string of the molecule is O=C(c1ccc(Cn2ccnc2)cc1)N1CCN(C(=O)[C@H]2C[C@@H]2c2ccccc2)CC1. The molecule has 2 atom stereocenters. The van der Waals surface area contributed by atoms with E-state index >= 15 is 0 Å². The lowest BCUT2D eigenvalue weighted by atomic mass is 10.1. The first-order valence-electron chi connectivity index (χ1n) is 10.9. The topological polar surface area (TPSA) is 58.4 Å². The van der Waals surface area contributed by atoms with Gasteiger partial charge in [0.2, 0.25) is 5.91 Å². The second-order valence-corrected chi connectivity index (χ2v) is 8.41. The Morgan fingerprint density at radius 2 is 1.61 bits per heavy atom. The van der Waals surface area contributed by atoms with E-state index in [9.17, 15) is 9.59 Å². The fraction of sp³-hybridized carbons (Fsp3) is 0.320. The molecule has 1 saturated carbocycles. The van der Waals surface area contributed by atoms with Gasteiger partial charge in [0.05, 0.1) is 6.33 Å². The molecule has 2 aromatic carbocycles. The summed E-state index contributed by atoms with van der Waals surface area (Å²) in [5.74, 6) is 0.738. The summed E-state index contributed by atoms with van der Waals surface area (Å²) in [6.45, 7) is 3.14. The average Bonchev–Trinajstić information content (AvgIpc) is 3.47. The molecule has 0 N–H and O–H groups in total. The second kappa shape index (κ2) is 8.38. The Kier molecular flexibility index (Phi) is 5.28. The summed E-state index contributed by atoms with van der Waals surface area (Å²) in [5, 5.41) is 0. The molecule has 1 aliphatic heterocycles. The molecule has 1 aromatic heterocycles. The van der Waals surface area contributed by atoms with Crippen LogP contribution in [-0.4, -0.2) is 57.3 Å². The third-order valence-corrected chi connectivity index (χ3v) is 6.34. The number of imidazole rings is 1. The van der Waals surface area contributed by atoms with Crippen molar-refractivity contribution in [3.05, 3.63) is 90.0 Å². The predicted molar refractivity (Wildman–Crippen MR) is 118 cm³/mol. The highest BCUT2D eigenvalue weighted by molar-refractivity contribution is 5.94. The Labute approximate surface area is 182 Å². The van der Waals surface area contributed by atoms with Crippen LogP contribution in [-0.2, 0) is 11.3 Å². The number of hydrogen-bond acceptors (Lipinski definition) is 3. The van der Waals surface area contributed by atoms with E-state index in [1.165, 1.54) is 5.56 Å². The first kappa shape index (κ1) is 19.5. The van der Waals surface area contributed by atoms with E-state index < -0.39 is 0 Å². The Morgan fingerprint density at radius 1 is 0.903 bits per heavy atom. The third-order valence-electron chi connectivity index (χ3n) is 6.34. The molecule has 0 bridgehead atoms. The van der Waals surface area contributed by atoms with Gasteiger partial charge in [-0.15, -0.1) is 0 Å². The Bertz CT molecular complexity index is 1040. The van der Waals surface area contributed by atoms with E-state index in [2.05, 4.69) is 17.1 Å². The fourth-order valence-electron chi connectivity index (χ4n) is 4.43. The minimum absolute atomic E-state index is 0.0369. The molecule has 0 unspecified atom stereocenters. The number of amides is 2. The summed E-state index contributed by atoms with van der Waals surface area (Å²) in [5.41, 5.74) is 3.08. The van der Waals surface area contributed by atoms with Crippen LogP contribution in [0, 0.1) is 5.92 Å². The zero-order valence-electron chi connectivity index (χ0n) is 17.4. The fourth-order valence-corrected chi connectivity index (χ4v) is 4.43. The number of carbonyl (C=O) groups is 2. The van der Waals surface area contributed by atoms with E-state index in [1.54, 1.807) is 12.5 Å². The highest BCUT2D eigenvalue weighted by atomic mass is 16.2. The van der Waals surface area contributed by atoms with Crippen LogP contribution in [0.4, 0.5) is 0 Å². The van der Waals surface area contributed by atoms with Crippen molar-refractivity contribution in [2.45, 2.75) is 18.9 Å². The van der Waals surface area contributed by atoms with Crippen LogP contribution in [0.1, 0.15) is 33.8 Å². The van der Waals surface area contributed by atoms with E-state index in [1.807, 2.05) is 63.0 Å². The van der Waals surface area contributed by atoms with E-state index in [0.717, 1.165) is 18.5 Å². The molecule has 31 heavy (non-hydrogen) atoms. The second-order valence-electron chi connectivity index (χ2n) is 8.41. The third kappa shape index (κ3) is 4.24. The van der Waals surface area contributed by atoms with Gasteiger partial charge in [-0.1, -0.05) is 42.5 Å². The lowest BCUT2D eigenvalue weighted by Gasteiger charge is -2.35. The number of rotatable bonds is 5. The average molecular weight is 415 g/mol. The van der Waals surface area contributed by atoms with Crippen molar-refractivity contribution in [3.63, 3.8) is 0 Å². The van der Waals surface area contributed by atoms with E-state index in [4.69, 9.17) is 0 Å². The maximum absolute atomic E-state index is 12.9. The van der Waals surface area contributed by atoms with Crippen molar-refractivity contribution in [1.29, 1.82) is 0 Å². The van der Waals surface area contributed by atoms with Crippen molar-refractivity contribution in [3.8, 4) is 0 Å². The molecular formula is C25H26N4O2. The molecule has 1 aliphatic carbocycles. The van der Waals surface area contributed by atoms with E-state index in [0.29, 0.717) is 37.7 Å². The lowest BCUT2D eigenvalue weighted by molar-refractivity contribution is -0.134. The molecule has 5 rings (SSSR count). The molecule has 0 radical (unpaired) electrons. The van der Waals surface area contributed by atoms with Gasteiger partial charge in [-0.25, -0.2) is 4.98 Å². The van der Waals surface area contributed by atoms with Gasteiger partial charge in [0, 0.05) is 56.6 Å². The smallest absolute Gasteiger partial charge is 0.253 e. The van der Waals surface area contributed by atoms with Gasteiger partial charge in [-0.05, 0) is 35.6 Å². The van der Waals surface area contributed by atoms with Crippen LogP contribution in [0.25, 0.3) is 0 Å². The highest BCUT2D eigenvalue weighted by Crippen LogP contribution is 2.48. The monoisotopic (exact) mass is 414 g/mol. The molecule has 2 amide bonds. The van der Waals surface area contributed by atoms with Crippen LogP contribution in [0.5, 0.6) is 0 Å². The van der Waals surface area contributed by atoms with Gasteiger partial charge in [-0.2, -0.15) is 0 Å². The zero-order chi connectivity index (χ0) is 21.2. The predicted octanol–water partition coefficient (Wildman–Crippen LogP) is 3.02. The van der Waals surface area contributed by atoms with Crippen LogP contribution < -0.4 is 0 Å². The van der Waals surface area contributed by atoms with E-state index in [-0.39, 0.29) is 17.7 Å². The zero-order valence-corrected chi connectivity index (χ0v) is 17.4. The summed E-state index contributed by atoms with van der Waals surface area (Å²) < 4.78 is 2.00. The van der Waals surface area contributed by atoms with Crippen molar-refractivity contribution < 1.29 is 9.59 Å². The van der Waals surface area contributed by atoms with Crippen molar-refractivity contribution >= 4 is 11.8 Å². The number of piperazine rings is 1. The molecule has 2 aliphatic rings. The lowest BCUT2D eigenvalue weighted by Crippen LogP contribution is -2.51. The maximum atomic E-state index is 12.9. The highest BCUT2D eigenvalue weighted by Gasteiger charge is 2.46. The van der Waals surface area contributed by atoms with Crippen LogP contribution in [0.3, 0.4) is 0 Å². The number of aromatic nitrogens is 2. The molecule has 1 saturated heterocycles. The maximum Gasteiger partial charge on any atom is 0.253 e. The first-order chi connectivity index (χ1) is 15.2. The first-order valence-corrected chi connectivity index (χ1v) is 10.9. The van der Waals surface area contributed by atoms with Crippen LogP contribution in [0.2, 0.25) is 0 Å². The van der Waals surface area contributed by atoms with Gasteiger partial charge < -0.3 is 14.4 Å². The van der Waals surface area contributed by atoms with Crippen molar-refractivity contribution in [2.24, 2.45) is 5.92 Å². The Balaban J connectivity index is 1.13. The largest absolute Gasteiger partial charge is 0.339 e. The van der Waals surface area contributed by atoms with Gasteiger partial charge >= 0.3 is 0 Å². The quantitative estimate of drug-likeness (QED) is 0.645. The minimum atomic E-state index is 0.0369. The van der Waals surface area contributed by atoms with Gasteiger partial charge in [0.25, 0.3) is 5.91 Å². The standard InChI is InChI=1S/C25H26N4O2/c30-24(21-8-6-19(7-9-21)17-27-11-10-26-18-27)28-12-14-29(15-13-28)25(31)23-16-22(23)20-4-2-1-3-5-20/h1-11,18,22-23H,12-17H2/t22-,23+/m1/s1. The summed E-state index contributed by atoms with van der Waals surface area (Å²) in [7, 11) is 0.